The lowest BCUT2D eigenvalue weighted by atomic mass is 9.90. The van der Waals surface area contributed by atoms with Crippen LogP contribution in [0.5, 0.6) is 0 Å². The van der Waals surface area contributed by atoms with Gasteiger partial charge in [-0.2, -0.15) is 0 Å². The van der Waals surface area contributed by atoms with Gasteiger partial charge in [0, 0.05) is 18.2 Å². The zero-order valence-corrected chi connectivity index (χ0v) is 7.88. The number of aryl methyl sites for hydroxylation is 1. The summed E-state index contributed by atoms with van der Waals surface area (Å²) in [6.07, 6.45) is 1.03. The lowest BCUT2D eigenvalue weighted by molar-refractivity contribution is 0.259. The summed E-state index contributed by atoms with van der Waals surface area (Å²) in [4.78, 5) is 0. The highest BCUT2D eigenvalue weighted by Gasteiger charge is 2.19. The summed E-state index contributed by atoms with van der Waals surface area (Å²) in [6.45, 7) is 3.34. The van der Waals surface area contributed by atoms with E-state index in [9.17, 15) is 5.11 Å². The topological polar surface area (TPSA) is 32.3 Å². The average Bonchev–Trinajstić information content (AvgIpc) is 2.18. The van der Waals surface area contributed by atoms with Gasteiger partial charge in [-0.1, -0.05) is 18.2 Å². The van der Waals surface area contributed by atoms with Gasteiger partial charge in [-0.05, 0) is 24.5 Å². The Hall–Kier alpha value is -1.02. The average molecular weight is 177 g/mol. The first-order valence-electron chi connectivity index (χ1n) is 4.77. The van der Waals surface area contributed by atoms with Crippen LogP contribution in [0.4, 0.5) is 5.69 Å². The molecule has 2 nitrogen and oxygen atoms in total. The molecule has 0 aliphatic carbocycles. The van der Waals surface area contributed by atoms with Crippen molar-refractivity contribution in [2.75, 3.05) is 18.5 Å². The SMILES string of the molecule is Cc1cccc2c1NCCC2CO. The van der Waals surface area contributed by atoms with Crippen LogP contribution in [-0.2, 0) is 0 Å². The lowest BCUT2D eigenvalue weighted by Gasteiger charge is -2.26. The van der Waals surface area contributed by atoms with Crippen LogP contribution < -0.4 is 5.32 Å². The second-order valence-electron chi connectivity index (χ2n) is 3.63. The molecule has 0 radical (unpaired) electrons. The first-order valence-corrected chi connectivity index (χ1v) is 4.77. The largest absolute Gasteiger partial charge is 0.396 e. The van der Waals surface area contributed by atoms with Gasteiger partial charge >= 0.3 is 0 Å². The monoisotopic (exact) mass is 177 g/mol. The molecule has 0 amide bonds. The third kappa shape index (κ3) is 1.42. The van der Waals surface area contributed by atoms with E-state index in [0.29, 0.717) is 5.92 Å². The van der Waals surface area contributed by atoms with Crippen LogP contribution in [0.2, 0.25) is 0 Å². The predicted octanol–water partition coefficient (Wildman–Crippen LogP) is 1.89. The molecule has 13 heavy (non-hydrogen) atoms. The van der Waals surface area contributed by atoms with E-state index in [2.05, 4.69) is 30.4 Å². The summed E-state index contributed by atoms with van der Waals surface area (Å²) < 4.78 is 0. The summed E-state index contributed by atoms with van der Waals surface area (Å²) >= 11 is 0. The van der Waals surface area contributed by atoms with Crippen LogP contribution in [0, 0.1) is 6.92 Å². The van der Waals surface area contributed by atoms with Gasteiger partial charge in [-0.3, -0.25) is 0 Å². The molecule has 2 rings (SSSR count). The highest BCUT2D eigenvalue weighted by atomic mass is 16.3. The second kappa shape index (κ2) is 3.38. The summed E-state index contributed by atoms with van der Waals surface area (Å²) in [7, 11) is 0. The first-order chi connectivity index (χ1) is 6.33. The number of para-hydroxylation sites is 1. The standard InChI is InChI=1S/C11H15NO/c1-8-3-2-4-10-9(7-13)5-6-12-11(8)10/h2-4,9,12-13H,5-7H2,1H3. The maximum atomic E-state index is 9.20. The Morgan fingerprint density at radius 1 is 1.54 bits per heavy atom. The number of rotatable bonds is 1. The highest BCUT2D eigenvalue weighted by Crippen LogP contribution is 2.33. The minimum absolute atomic E-state index is 0.262. The molecule has 1 aliphatic heterocycles. The van der Waals surface area contributed by atoms with E-state index in [4.69, 9.17) is 0 Å². The van der Waals surface area contributed by atoms with E-state index in [0.717, 1.165) is 13.0 Å². The molecule has 2 N–H and O–H groups in total. The summed E-state index contributed by atoms with van der Waals surface area (Å²) in [5.41, 5.74) is 3.78. The third-order valence-corrected chi connectivity index (χ3v) is 2.76. The van der Waals surface area contributed by atoms with Crippen LogP contribution in [0.25, 0.3) is 0 Å². The molecule has 1 heterocycles. The van der Waals surface area contributed by atoms with Crippen LogP contribution >= 0.6 is 0 Å². The van der Waals surface area contributed by atoms with Gasteiger partial charge in [0.1, 0.15) is 0 Å². The number of anilines is 1. The number of aliphatic hydroxyl groups is 1. The maximum Gasteiger partial charge on any atom is 0.0501 e. The Bertz CT molecular complexity index is 309. The summed E-state index contributed by atoms with van der Waals surface area (Å²) in [6, 6.07) is 6.27. The van der Waals surface area contributed by atoms with E-state index in [1.165, 1.54) is 16.8 Å². The summed E-state index contributed by atoms with van der Waals surface area (Å²) in [5.74, 6) is 0.330. The van der Waals surface area contributed by atoms with Crippen LogP contribution in [0.15, 0.2) is 18.2 Å². The van der Waals surface area contributed by atoms with Crippen molar-refractivity contribution in [2.24, 2.45) is 0 Å². The highest BCUT2D eigenvalue weighted by molar-refractivity contribution is 5.60. The molecule has 70 valence electrons. The van der Waals surface area contributed by atoms with Crippen molar-refractivity contribution in [3.05, 3.63) is 29.3 Å². The van der Waals surface area contributed by atoms with E-state index in [-0.39, 0.29) is 6.61 Å². The fraction of sp³-hybridized carbons (Fsp3) is 0.455. The van der Waals surface area contributed by atoms with Gasteiger partial charge in [0.2, 0.25) is 0 Å². The third-order valence-electron chi connectivity index (χ3n) is 2.76. The Balaban J connectivity index is 2.45. The molecule has 0 fully saturated rings. The van der Waals surface area contributed by atoms with Crippen molar-refractivity contribution >= 4 is 5.69 Å². The van der Waals surface area contributed by atoms with Crippen LogP contribution in [0.3, 0.4) is 0 Å². The molecule has 0 saturated heterocycles. The molecular weight excluding hydrogens is 162 g/mol. The van der Waals surface area contributed by atoms with Crippen LogP contribution in [0.1, 0.15) is 23.5 Å². The molecule has 0 saturated carbocycles. The van der Waals surface area contributed by atoms with Crippen molar-refractivity contribution in [2.45, 2.75) is 19.3 Å². The molecule has 1 aromatic carbocycles. The number of benzene rings is 1. The van der Waals surface area contributed by atoms with Gasteiger partial charge < -0.3 is 10.4 Å². The fourth-order valence-electron chi connectivity index (χ4n) is 1.99. The number of aliphatic hydroxyl groups excluding tert-OH is 1. The Labute approximate surface area is 78.6 Å². The predicted molar refractivity (Wildman–Crippen MR) is 54.1 cm³/mol. The lowest BCUT2D eigenvalue weighted by Crippen LogP contribution is -2.19. The van der Waals surface area contributed by atoms with Gasteiger partial charge in [-0.25, -0.2) is 0 Å². The zero-order valence-electron chi connectivity index (χ0n) is 7.88. The molecular formula is C11H15NO. The maximum absolute atomic E-state index is 9.20. The van der Waals surface area contributed by atoms with Gasteiger partial charge in [0.25, 0.3) is 0 Å². The molecule has 1 unspecified atom stereocenters. The normalized spacial score (nSPS) is 20.6. The molecule has 1 aliphatic rings. The van der Waals surface area contributed by atoms with Crippen molar-refractivity contribution in [3.63, 3.8) is 0 Å². The Kier molecular flexibility index (Phi) is 2.23. The van der Waals surface area contributed by atoms with E-state index in [1.54, 1.807) is 0 Å². The van der Waals surface area contributed by atoms with Crippen molar-refractivity contribution in [3.8, 4) is 0 Å². The minimum atomic E-state index is 0.262. The number of fused-ring (bicyclic) bond motifs is 1. The first kappa shape index (κ1) is 8.57. The number of hydrogen-bond donors (Lipinski definition) is 2. The van der Waals surface area contributed by atoms with Crippen molar-refractivity contribution < 1.29 is 5.11 Å². The van der Waals surface area contributed by atoms with E-state index < -0.39 is 0 Å². The van der Waals surface area contributed by atoms with Crippen molar-refractivity contribution in [1.29, 1.82) is 0 Å². The van der Waals surface area contributed by atoms with Crippen molar-refractivity contribution in [1.82, 2.24) is 0 Å². The minimum Gasteiger partial charge on any atom is -0.396 e. The quantitative estimate of drug-likeness (QED) is 0.686. The molecule has 1 aromatic rings. The fourth-order valence-corrected chi connectivity index (χ4v) is 1.99. The molecule has 0 spiro atoms. The van der Waals surface area contributed by atoms with E-state index >= 15 is 0 Å². The van der Waals surface area contributed by atoms with E-state index in [1.807, 2.05) is 0 Å². The number of hydrogen-bond acceptors (Lipinski definition) is 2. The van der Waals surface area contributed by atoms with Crippen LogP contribution in [-0.4, -0.2) is 18.3 Å². The molecule has 0 aromatic heterocycles. The smallest absolute Gasteiger partial charge is 0.0501 e. The molecule has 2 heteroatoms. The number of nitrogens with one attached hydrogen (secondary N) is 1. The molecule has 0 bridgehead atoms. The van der Waals surface area contributed by atoms with Gasteiger partial charge in [0.05, 0.1) is 6.61 Å². The molecule has 1 atom stereocenters. The Morgan fingerprint density at radius 3 is 3.15 bits per heavy atom. The zero-order chi connectivity index (χ0) is 9.26. The Morgan fingerprint density at radius 2 is 2.38 bits per heavy atom. The summed E-state index contributed by atoms with van der Waals surface area (Å²) in [5, 5.41) is 12.6. The second-order valence-corrected chi connectivity index (χ2v) is 3.63. The van der Waals surface area contributed by atoms with Gasteiger partial charge in [0.15, 0.2) is 0 Å². The van der Waals surface area contributed by atoms with Gasteiger partial charge in [-0.15, -0.1) is 0 Å².